The van der Waals surface area contributed by atoms with Gasteiger partial charge in [-0.25, -0.2) is 4.39 Å². The summed E-state index contributed by atoms with van der Waals surface area (Å²) in [7, 11) is 0. The van der Waals surface area contributed by atoms with Crippen LogP contribution in [0.25, 0.3) is 10.6 Å². The van der Waals surface area contributed by atoms with E-state index in [1.807, 2.05) is 0 Å². The molecule has 1 heterocycles. The van der Waals surface area contributed by atoms with E-state index < -0.39 is 5.82 Å². The van der Waals surface area contributed by atoms with E-state index in [-0.39, 0.29) is 11.3 Å². The van der Waals surface area contributed by atoms with Gasteiger partial charge < -0.3 is 5.11 Å². The zero-order valence-corrected chi connectivity index (χ0v) is 9.14. The minimum Gasteiger partial charge on any atom is -0.507 e. The van der Waals surface area contributed by atoms with Gasteiger partial charge in [-0.15, -0.1) is 10.2 Å². The number of benzene rings is 1. The fraction of sp³-hybridized carbons (Fsp3) is 0. The number of aromatic nitrogens is 2. The Labute approximate surface area is 91.4 Å². The van der Waals surface area contributed by atoms with Crippen LogP contribution >= 0.6 is 27.3 Å². The lowest BCUT2D eigenvalue weighted by Crippen LogP contribution is -1.84. The lowest BCUT2D eigenvalue weighted by molar-refractivity contribution is 0.472. The number of hydrogen-bond donors (Lipinski definition) is 1. The molecule has 3 nitrogen and oxygen atoms in total. The Bertz CT molecular complexity index is 454. The van der Waals surface area contributed by atoms with Gasteiger partial charge in [0.1, 0.15) is 11.6 Å². The van der Waals surface area contributed by atoms with Gasteiger partial charge >= 0.3 is 0 Å². The van der Waals surface area contributed by atoms with E-state index in [4.69, 9.17) is 0 Å². The summed E-state index contributed by atoms with van der Waals surface area (Å²) in [5.41, 5.74) is 0.0932. The van der Waals surface area contributed by atoms with Crippen LogP contribution in [0.2, 0.25) is 0 Å². The molecule has 0 radical (unpaired) electrons. The molecule has 14 heavy (non-hydrogen) atoms. The average molecular weight is 275 g/mol. The first-order chi connectivity index (χ1) is 6.68. The number of hydrogen-bond acceptors (Lipinski definition) is 4. The lowest BCUT2D eigenvalue weighted by atomic mass is 10.2. The molecule has 1 aromatic carbocycles. The van der Waals surface area contributed by atoms with Crippen LogP contribution in [-0.2, 0) is 0 Å². The molecule has 2 rings (SSSR count). The smallest absolute Gasteiger partial charge is 0.183 e. The van der Waals surface area contributed by atoms with E-state index in [9.17, 15) is 9.50 Å². The maximum Gasteiger partial charge on any atom is 0.183 e. The van der Waals surface area contributed by atoms with Crippen molar-refractivity contribution in [1.29, 1.82) is 0 Å². The molecule has 0 unspecified atom stereocenters. The van der Waals surface area contributed by atoms with E-state index in [0.717, 1.165) is 11.3 Å². The molecule has 0 atom stereocenters. The normalized spacial score (nSPS) is 10.4. The van der Waals surface area contributed by atoms with Gasteiger partial charge in [0.15, 0.2) is 8.92 Å². The number of halogens is 2. The second-order valence-corrected chi connectivity index (χ2v) is 4.75. The Morgan fingerprint density at radius 3 is 2.71 bits per heavy atom. The highest BCUT2D eigenvalue weighted by Crippen LogP contribution is 2.34. The molecule has 0 saturated carbocycles. The molecule has 0 spiro atoms. The molecular formula is C8H4BrFN2OS. The summed E-state index contributed by atoms with van der Waals surface area (Å²) in [6, 6.07) is 4.11. The number of phenolic OH excluding ortho intramolecular Hbond substituents is 1. The highest BCUT2D eigenvalue weighted by molar-refractivity contribution is 9.11. The summed E-state index contributed by atoms with van der Waals surface area (Å²) in [4.78, 5) is 0. The van der Waals surface area contributed by atoms with Gasteiger partial charge in [0.05, 0.1) is 5.56 Å². The fourth-order valence-corrected chi connectivity index (χ4v) is 2.20. The molecular weight excluding hydrogens is 271 g/mol. The highest BCUT2D eigenvalue weighted by Gasteiger charge is 2.14. The summed E-state index contributed by atoms with van der Waals surface area (Å²) in [6.45, 7) is 0. The van der Waals surface area contributed by atoms with Crippen molar-refractivity contribution in [2.24, 2.45) is 0 Å². The third-order valence-electron chi connectivity index (χ3n) is 1.61. The first-order valence-corrected chi connectivity index (χ1v) is 5.26. The van der Waals surface area contributed by atoms with E-state index in [1.165, 1.54) is 18.2 Å². The molecule has 2 aromatic rings. The number of phenols is 1. The number of nitrogens with zero attached hydrogens (tertiary/aromatic N) is 2. The van der Waals surface area contributed by atoms with Crippen molar-refractivity contribution < 1.29 is 9.50 Å². The summed E-state index contributed by atoms with van der Waals surface area (Å²) in [5, 5.41) is 17.2. The van der Waals surface area contributed by atoms with Gasteiger partial charge in [-0.1, -0.05) is 17.4 Å². The van der Waals surface area contributed by atoms with Crippen LogP contribution in [-0.4, -0.2) is 15.3 Å². The van der Waals surface area contributed by atoms with Crippen LogP contribution in [0, 0.1) is 5.82 Å². The summed E-state index contributed by atoms with van der Waals surface area (Å²) in [6.07, 6.45) is 0. The van der Waals surface area contributed by atoms with Crippen LogP contribution in [0.15, 0.2) is 22.1 Å². The summed E-state index contributed by atoms with van der Waals surface area (Å²) in [5.74, 6) is -0.637. The van der Waals surface area contributed by atoms with Crippen LogP contribution in [0.3, 0.4) is 0 Å². The topological polar surface area (TPSA) is 46.0 Å². The fourth-order valence-electron chi connectivity index (χ4n) is 1.03. The third-order valence-corrected chi connectivity index (χ3v) is 2.98. The first kappa shape index (κ1) is 9.54. The molecule has 0 bridgehead atoms. The molecule has 0 saturated heterocycles. The Hall–Kier alpha value is -1.01. The predicted molar refractivity (Wildman–Crippen MR) is 54.7 cm³/mol. The van der Waals surface area contributed by atoms with Crippen molar-refractivity contribution in [3.05, 3.63) is 27.9 Å². The molecule has 72 valence electrons. The Kier molecular flexibility index (Phi) is 2.47. The summed E-state index contributed by atoms with van der Waals surface area (Å²) >= 11 is 4.28. The minimum absolute atomic E-state index is 0.0932. The minimum atomic E-state index is -0.506. The molecule has 0 aliphatic heterocycles. The van der Waals surface area contributed by atoms with Crippen LogP contribution in [0.5, 0.6) is 5.75 Å². The largest absolute Gasteiger partial charge is 0.507 e. The Morgan fingerprint density at radius 2 is 2.14 bits per heavy atom. The van der Waals surface area contributed by atoms with Crippen LogP contribution in [0.4, 0.5) is 4.39 Å². The van der Waals surface area contributed by atoms with E-state index in [1.54, 1.807) is 0 Å². The van der Waals surface area contributed by atoms with Crippen LogP contribution < -0.4 is 0 Å². The van der Waals surface area contributed by atoms with Crippen molar-refractivity contribution in [2.75, 3.05) is 0 Å². The zero-order valence-electron chi connectivity index (χ0n) is 6.74. The van der Waals surface area contributed by atoms with Crippen molar-refractivity contribution in [3.63, 3.8) is 0 Å². The number of rotatable bonds is 1. The predicted octanol–water partition coefficient (Wildman–Crippen LogP) is 2.81. The summed E-state index contributed by atoms with van der Waals surface area (Å²) < 4.78 is 13.9. The standard InChI is InChI=1S/C8H4BrFN2OS/c9-8-12-11-7(14-8)6-4(10)2-1-3-5(6)13/h1-3,13H. The van der Waals surface area contributed by atoms with E-state index in [0.29, 0.717) is 8.92 Å². The van der Waals surface area contributed by atoms with Gasteiger partial charge in [-0.3, -0.25) is 0 Å². The maximum absolute atomic E-state index is 13.3. The van der Waals surface area contributed by atoms with Gasteiger partial charge in [0, 0.05) is 0 Å². The highest BCUT2D eigenvalue weighted by atomic mass is 79.9. The van der Waals surface area contributed by atoms with Gasteiger partial charge in [0.2, 0.25) is 0 Å². The molecule has 1 N–H and O–H groups in total. The number of aromatic hydroxyl groups is 1. The molecule has 0 fully saturated rings. The van der Waals surface area contributed by atoms with Crippen molar-refractivity contribution in [1.82, 2.24) is 10.2 Å². The first-order valence-electron chi connectivity index (χ1n) is 3.65. The quantitative estimate of drug-likeness (QED) is 0.870. The second kappa shape index (κ2) is 3.62. The molecule has 1 aromatic heterocycles. The zero-order chi connectivity index (χ0) is 10.1. The SMILES string of the molecule is Oc1cccc(F)c1-c1nnc(Br)s1. The van der Waals surface area contributed by atoms with Crippen LogP contribution in [0.1, 0.15) is 0 Å². The average Bonchev–Trinajstić information content (AvgIpc) is 2.51. The lowest BCUT2D eigenvalue weighted by Gasteiger charge is -2.00. The monoisotopic (exact) mass is 274 g/mol. The van der Waals surface area contributed by atoms with Gasteiger partial charge in [-0.2, -0.15) is 0 Å². The maximum atomic E-state index is 13.3. The Balaban J connectivity index is 2.61. The molecule has 6 heteroatoms. The van der Waals surface area contributed by atoms with Gasteiger partial charge in [-0.05, 0) is 28.1 Å². The Morgan fingerprint density at radius 1 is 1.36 bits per heavy atom. The molecule has 0 aliphatic carbocycles. The van der Waals surface area contributed by atoms with E-state index in [2.05, 4.69) is 26.1 Å². The van der Waals surface area contributed by atoms with E-state index >= 15 is 0 Å². The third kappa shape index (κ3) is 1.62. The second-order valence-electron chi connectivity index (χ2n) is 2.49. The molecule has 0 amide bonds. The molecule has 0 aliphatic rings. The van der Waals surface area contributed by atoms with Crippen molar-refractivity contribution >= 4 is 27.3 Å². The van der Waals surface area contributed by atoms with Gasteiger partial charge in [0.25, 0.3) is 0 Å². The van der Waals surface area contributed by atoms with Crippen molar-refractivity contribution in [3.8, 4) is 16.3 Å². The van der Waals surface area contributed by atoms with Crippen molar-refractivity contribution in [2.45, 2.75) is 0 Å².